The first-order valence-electron chi connectivity index (χ1n) is 9.47. The Morgan fingerprint density at radius 1 is 1.28 bits per heavy atom. The van der Waals surface area contributed by atoms with Gasteiger partial charge in [0, 0.05) is 57.1 Å². The van der Waals surface area contributed by atoms with Crippen molar-refractivity contribution in [3.63, 3.8) is 0 Å². The molecule has 1 aromatic heterocycles. The highest BCUT2D eigenvalue weighted by molar-refractivity contribution is 5.95. The number of carbonyl (C=O) groups is 1. The van der Waals surface area contributed by atoms with E-state index in [1.807, 2.05) is 17.0 Å². The fourth-order valence-electron chi connectivity index (χ4n) is 3.84. The number of hydrogen-bond donors (Lipinski definition) is 1. The van der Waals surface area contributed by atoms with Gasteiger partial charge in [0.2, 0.25) is 0 Å². The molecule has 3 heterocycles. The second kappa shape index (κ2) is 8.15. The molecule has 0 aromatic carbocycles. The van der Waals surface area contributed by atoms with Crippen molar-refractivity contribution in [1.82, 2.24) is 14.8 Å². The maximum atomic E-state index is 12.9. The lowest BCUT2D eigenvalue weighted by Crippen LogP contribution is -2.50. The summed E-state index contributed by atoms with van der Waals surface area (Å²) in [6, 6.07) is 4.25. The predicted molar refractivity (Wildman–Crippen MR) is 98.9 cm³/mol. The number of piperidine rings is 1. The highest BCUT2D eigenvalue weighted by Crippen LogP contribution is 2.24. The minimum atomic E-state index is -0.323. The van der Waals surface area contributed by atoms with Gasteiger partial charge in [0.1, 0.15) is 5.82 Å². The normalized spacial score (nSPS) is 23.6. The molecule has 0 saturated carbocycles. The van der Waals surface area contributed by atoms with Gasteiger partial charge in [-0.05, 0) is 45.2 Å². The Labute approximate surface area is 150 Å². The Morgan fingerprint density at radius 2 is 2.04 bits per heavy atom. The van der Waals surface area contributed by atoms with Crippen LogP contribution in [0, 0.1) is 0 Å². The number of nitrogens with zero attached hydrogens (tertiary/aromatic N) is 4. The summed E-state index contributed by atoms with van der Waals surface area (Å²) in [5.74, 6) is 1.01. The van der Waals surface area contributed by atoms with E-state index in [1.54, 1.807) is 13.1 Å². The summed E-state index contributed by atoms with van der Waals surface area (Å²) in [4.78, 5) is 23.8. The summed E-state index contributed by atoms with van der Waals surface area (Å²) in [5, 5.41) is 9.50. The predicted octanol–water partition coefficient (Wildman–Crippen LogP) is 1.60. The molecule has 25 heavy (non-hydrogen) atoms. The van der Waals surface area contributed by atoms with Crippen LogP contribution < -0.4 is 4.90 Å². The number of rotatable bonds is 4. The van der Waals surface area contributed by atoms with Crippen LogP contribution in [0.4, 0.5) is 5.82 Å². The summed E-state index contributed by atoms with van der Waals surface area (Å²) < 4.78 is 0. The van der Waals surface area contributed by atoms with Gasteiger partial charge in [0.05, 0.1) is 6.10 Å². The minimum absolute atomic E-state index is 0.0880. The van der Waals surface area contributed by atoms with Crippen LogP contribution in [0.15, 0.2) is 18.3 Å². The lowest BCUT2D eigenvalue weighted by Gasteiger charge is -2.36. The van der Waals surface area contributed by atoms with Crippen molar-refractivity contribution in [1.29, 1.82) is 0 Å². The fourth-order valence-corrected chi connectivity index (χ4v) is 3.84. The third-order valence-electron chi connectivity index (χ3n) is 5.27. The van der Waals surface area contributed by atoms with Crippen molar-refractivity contribution in [2.45, 2.75) is 45.3 Å². The van der Waals surface area contributed by atoms with E-state index in [1.165, 1.54) is 19.3 Å². The summed E-state index contributed by atoms with van der Waals surface area (Å²) >= 11 is 0. The average Bonchev–Trinajstić information content (AvgIpc) is 2.62. The van der Waals surface area contributed by atoms with Gasteiger partial charge in [0.25, 0.3) is 5.91 Å². The maximum absolute atomic E-state index is 12.9. The van der Waals surface area contributed by atoms with Gasteiger partial charge in [-0.2, -0.15) is 0 Å². The third-order valence-corrected chi connectivity index (χ3v) is 5.27. The molecule has 2 aliphatic rings. The molecular weight excluding hydrogens is 316 g/mol. The second-order valence-electron chi connectivity index (χ2n) is 7.38. The fraction of sp³-hybridized carbons (Fsp3) is 0.684. The molecule has 6 heteroatoms. The van der Waals surface area contributed by atoms with E-state index in [9.17, 15) is 9.90 Å². The van der Waals surface area contributed by atoms with E-state index in [-0.39, 0.29) is 12.0 Å². The molecule has 0 bridgehead atoms. The Bertz CT molecular complexity index is 585. The van der Waals surface area contributed by atoms with Gasteiger partial charge in [-0.25, -0.2) is 4.98 Å². The van der Waals surface area contributed by atoms with Gasteiger partial charge in [0.15, 0.2) is 0 Å². The van der Waals surface area contributed by atoms with Crippen molar-refractivity contribution in [3.8, 4) is 0 Å². The number of amides is 1. The third kappa shape index (κ3) is 4.50. The van der Waals surface area contributed by atoms with E-state index in [0.29, 0.717) is 25.7 Å². The van der Waals surface area contributed by atoms with E-state index in [4.69, 9.17) is 0 Å². The molecule has 0 spiro atoms. The number of aliphatic hydroxyl groups excluding tert-OH is 1. The summed E-state index contributed by atoms with van der Waals surface area (Å²) in [6.07, 6.45) is 5.08. The van der Waals surface area contributed by atoms with Crippen LogP contribution >= 0.6 is 0 Å². The van der Waals surface area contributed by atoms with Crippen LogP contribution in [-0.2, 0) is 0 Å². The zero-order valence-electron chi connectivity index (χ0n) is 15.4. The Hall–Kier alpha value is -1.66. The molecule has 1 aromatic rings. The molecule has 1 amide bonds. The van der Waals surface area contributed by atoms with Gasteiger partial charge in [-0.1, -0.05) is 0 Å². The Kier molecular flexibility index (Phi) is 5.91. The van der Waals surface area contributed by atoms with Crippen molar-refractivity contribution >= 4 is 11.7 Å². The number of pyridine rings is 1. The van der Waals surface area contributed by atoms with Crippen LogP contribution in [0.2, 0.25) is 0 Å². The lowest BCUT2D eigenvalue weighted by molar-refractivity contribution is 0.0554. The molecule has 2 aliphatic heterocycles. The molecule has 1 N–H and O–H groups in total. The molecule has 2 saturated heterocycles. The summed E-state index contributed by atoms with van der Waals surface area (Å²) in [6.45, 7) is 8.79. The van der Waals surface area contributed by atoms with E-state index in [0.717, 1.165) is 31.0 Å². The Morgan fingerprint density at radius 3 is 2.72 bits per heavy atom. The Balaban J connectivity index is 1.64. The molecule has 3 rings (SSSR count). The number of carbonyl (C=O) groups excluding carboxylic acids is 1. The minimum Gasteiger partial charge on any atom is -0.392 e. The van der Waals surface area contributed by atoms with Crippen molar-refractivity contribution in [2.24, 2.45) is 0 Å². The van der Waals surface area contributed by atoms with E-state index in [2.05, 4.69) is 21.7 Å². The summed E-state index contributed by atoms with van der Waals surface area (Å²) in [7, 11) is 0. The van der Waals surface area contributed by atoms with Crippen molar-refractivity contribution in [2.75, 3.05) is 44.2 Å². The van der Waals surface area contributed by atoms with Crippen LogP contribution in [0.5, 0.6) is 0 Å². The van der Waals surface area contributed by atoms with Crippen molar-refractivity contribution < 1.29 is 9.90 Å². The molecule has 2 atom stereocenters. The molecular formula is C19H30N4O2. The number of aliphatic hydroxyl groups is 1. The summed E-state index contributed by atoms with van der Waals surface area (Å²) in [5.41, 5.74) is 0.728. The quantitative estimate of drug-likeness (QED) is 0.897. The smallest absolute Gasteiger partial charge is 0.254 e. The molecule has 0 unspecified atom stereocenters. The number of aromatic nitrogens is 1. The lowest BCUT2D eigenvalue weighted by atomic mass is 10.0. The molecule has 0 aliphatic carbocycles. The van der Waals surface area contributed by atoms with E-state index >= 15 is 0 Å². The van der Waals surface area contributed by atoms with Crippen molar-refractivity contribution in [3.05, 3.63) is 23.9 Å². The molecule has 138 valence electrons. The van der Waals surface area contributed by atoms with Gasteiger partial charge < -0.3 is 14.9 Å². The van der Waals surface area contributed by atoms with Crippen LogP contribution in [0.1, 0.15) is 43.5 Å². The van der Waals surface area contributed by atoms with Crippen LogP contribution in [-0.4, -0.2) is 77.2 Å². The SMILES string of the molecule is C[C@@H](O)CN1CCN(C(=O)c2ccnc(N3CCCC[C@@H]3C)c2)CC1. The maximum Gasteiger partial charge on any atom is 0.254 e. The highest BCUT2D eigenvalue weighted by Gasteiger charge is 2.24. The zero-order valence-corrected chi connectivity index (χ0v) is 15.4. The monoisotopic (exact) mass is 346 g/mol. The second-order valence-corrected chi connectivity index (χ2v) is 7.38. The number of anilines is 1. The van der Waals surface area contributed by atoms with E-state index < -0.39 is 0 Å². The largest absolute Gasteiger partial charge is 0.392 e. The van der Waals surface area contributed by atoms with Gasteiger partial charge in [-0.15, -0.1) is 0 Å². The van der Waals surface area contributed by atoms with Crippen LogP contribution in [0.3, 0.4) is 0 Å². The number of hydrogen-bond acceptors (Lipinski definition) is 5. The van der Waals surface area contributed by atoms with Gasteiger partial charge >= 0.3 is 0 Å². The first-order chi connectivity index (χ1) is 12.0. The first kappa shape index (κ1) is 18.1. The number of piperazine rings is 1. The molecule has 2 fully saturated rings. The van der Waals surface area contributed by atoms with Crippen LogP contribution in [0.25, 0.3) is 0 Å². The average molecular weight is 346 g/mol. The standard InChI is InChI=1S/C19H30N4O2/c1-15-5-3-4-8-23(15)18-13-17(6-7-20-18)19(25)22-11-9-21(10-12-22)14-16(2)24/h6-7,13,15-16,24H,3-5,8-12,14H2,1-2H3/t15-,16+/m0/s1. The molecule has 0 radical (unpaired) electrons. The highest BCUT2D eigenvalue weighted by atomic mass is 16.3. The molecule has 6 nitrogen and oxygen atoms in total. The zero-order chi connectivity index (χ0) is 17.8. The van der Waals surface area contributed by atoms with Gasteiger partial charge in [-0.3, -0.25) is 9.69 Å². The topological polar surface area (TPSA) is 59.9 Å². The first-order valence-corrected chi connectivity index (χ1v) is 9.47. The number of β-amino-alcohol motifs (C(OH)–C–C–N with tert-alkyl or cyclic N) is 1.